The van der Waals surface area contributed by atoms with E-state index in [9.17, 15) is 4.79 Å². The summed E-state index contributed by atoms with van der Waals surface area (Å²) in [6.07, 6.45) is 3.43. The summed E-state index contributed by atoms with van der Waals surface area (Å²) in [6.45, 7) is 3.28. The van der Waals surface area contributed by atoms with Gasteiger partial charge in [0.1, 0.15) is 0 Å². The number of imidazole rings is 1. The molecular formula is C23H23N3OS. The fourth-order valence-electron chi connectivity index (χ4n) is 3.33. The van der Waals surface area contributed by atoms with Crippen molar-refractivity contribution in [3.05, 3.63) is 83.5 Å². The Hall–Kier alpha value is -2.92. The molecule has 0 aliphatic carbocycles. The van der Waals surface area contributed by atoms with E-state index < -0.39 is 0 Å². The number of aromatic nitrogens is 2. The topological polar surface area (TPSA) is 37.6 Å². The van der Waals surface area contributed by atoms with Crippen molar-refractivity contribution < 1.29 is 4.79 Å². The number of rotatable bonds is 7. The quantitative estimate of drug-likeness (QED) is 0.444. The highest BCUT2D eigenvalue weighted by atomic mass is 32.1. The lowest BCUT2D eigenvalue weighted by Gasteiger charge is -2.22. The van der Waals surface area contributed by atoms with Crippen molar-refractivity contribution >= 4 is 22.2 Å². The number of benzene rings is 2. The monoisotopic (exact) mass is 389 g/mol. The molecule has 0 unspecified atom stereocenters. The van der Waals surface area contributed by atoms with Crippen LogP contribution in [-0.4, -0.2) is 26.7 Å². The molecule has 0 bridgehead atoms. The van der Waals surface area contributed by atoms with Crippen LogP contribution in [-0.2, 0) is 17.8 Å². The van der Waals surface area contributed by atoms with Crippen LogP contribution in [0.3, 0.4) is 0 Å². The third-order valence-corrected chi connectivity index (χ3v) is 5.75. The van der Waals surface area contributed by atoms with Gasteiger partial charge in [-0.3, -0.25) is 9.20 Å². The lowest BCUT2D eigenvalue weighted by atomic mass is 10.2. The van der Waals surface area contributed by atoms with Crippen LogP contribution in [0.15, 0.2) is 72.2 Å². The third-order valence-electron chi connectivity index (χ3n) is 4.86. The maximum atomic E-state index is 12.4. The Morgan fingerprint density at radius 3 is 2.50 bits per heavy atom. The number of thiazole rings is 1. The smallest absolute Gasteiger partial charge is 0.222 e. The molecule has 2 heterocycles. The van der Waals surface area contributed by atoms with Gasteiger partial charge in [-0.1, -0.05) is 67.6 Å². The van der Waals surface area contributed by atoms with E-state index in [2.05, 4.69) is 40.2 Å². The number of hydrogen-bond donors (Lipinski definition) is 0. The number of nitrogens with zero attached hydrogens (tertiary/aromatic N) is 3. The molecule has 0 N–H and O–H groups in total. The summed E-state index contributed by atoms with van der Waals surface area (Å²) < 4.78 is 2.16. The van der Waals surface area contributed by atoms with Gasteiger partial charge in [0.2, 0.25) is 5.91 Å². The van der Waals surface area contributed by atoms with Crippen LogP contribution in [0.5, 0.6) is 0 Å². The Balaban J connectivity index is 1.51. The first-order chi connectivity index (χ1) is 13.7. The van der Waals surface area contributed by atoms with E-state index in [0.29, 0.717) is 19.5 Å². The Labute approximate surface area is 169 Å². The molecule has 0 saturated carbocycles. The predicted octanol–water partition coefficient (Wildman–Crippen LogP) is 5.04. The van der Waals surface area contributed by atoms with E-state index in [-0.39, 0.29) is 5.91 Å². The van der Waals surface area contributed by atoms with E-state index >= 15 is 0 Å². The maximum absolute atomic E-state index is 12.4. The Kier molecular flexibility index (Phi) is 5.53. The number of fused-ring (bicyclic) bond motifs is 1. The van der Waals surface area contributed by atoms with Crippen LogP contribution < -0.4 is 0 Å². The molecule has 4 aromatic rings. The summed E-state index contributed by atoms with van der Waals surface area (Å²) in [5.74, 6) is 0.186. The van der Waals surface area contributed by atoms with E-state index in [0.717, 1.165) is 28.2 Å². The minimum absolute atomic E-state index is 0.186. The minimum Gasteiger partial charge on any atom is -0.338 e. The van der Waals surface area contributed by atoms with Gasteiger partial charge in [0.15, 0.2) is 4.96 Å². The van der Waals surface area contributed by atoms with Crippen LogP contribution in [0, 0.1) is 0 Å². The van der Waals surface area contributed by atoms with Crippen molar-refractivity contribution in [2.75, 3.05) is 6.54 Å². The highest BCUT2D eigenvalue weighted by Gasteiger charge is 2.15. The Morgan fingerprint density at radius 2 is 1.79 bits per heavy atom. The Bertz CT molecular complexity index is 1050. The second-order valence-corrected chi connectivity index (χ2v) is 7.61. The molecule has 2 aromatic heterocycles. The largest absolute Gasteiger partial charge is 0.338 e. The van der Waals surface area contributed by atoms with Crippen molar-refractivity contribution in [3.63, 3.8) is 0 Å². The van der Waals surface area contributed by atoms with Gasteiger partial charge in [-0.15, -0.1) is 11.3 Å². The van der Waals surface area contributed by atoms with E-state index in [1.807, 2.05) is 48.2 Å². The fourth-order valence-corrected chi connectivity index (χ4v) is 4.23. The molecule has 2 aromatic carbocycles. The zero-order valence-corrected chi connectivity index (χ0v) is 16.7. The van der Waals surface area contributed by atoms with Crippen molar-refractivity contribution in [1.29, 1.82) is 0 Å². The van der Waals surface area contributed by atoms with Crippen LogP contribution >= 0.6 is 11.3 Å². The van der Waals surface area contributed by atoms with Crippen LogP contribution in [0.25, 0.3) is 16.2 Å². The molecule has 0 spiro atoms. The molecule has 0 radical (unpaired) electrons. The standard InChI is InChI=1S/C23H23N3OS/c1-2-22(27)25(15-18-9-5-3-6-10-18)14-13-20-17-28-23-24-21(16-26(20)23)19-11-7-4-8-12-19/h3-12,16-17H,2,13-15H2,1H3. The third kappa shape index (κ3) is 3.99. The van der Waals surface area contributed by atoms with Crippen molar-refractivity contribution in [2.45, 2.75) is 26.3 Å². The molecule has 1 amide bonds. The maximum Gasteiger partial charge on any atom is 0.222 e. The molecule has 0 saturated heterocycles. The van der Waals surface area contributed by atoms with Gasteiger partial charge in [-0.05, 0) is 5.56 Å². The van der Waals surface area contributed by atoms with Crippen LogP contribution in [0.1, 0.15) is 24.6 Å². The van der Waals surface area contributed by atoms with Gasteiger partial charge in [-0.25, -0.2) is 4.98 Å². The van der Waals surface area contributed by atoms with Crippen molar-refractivity contribution in [3.8, 4) is 11.3 Å². The van der Waals surface area contributed by atoms with Crippen molar-refractivity contribution in [2.24, 2.45) is 0 Å². The zero-order valence-electron chi connectivity index (χ0n) is 15.9. The molecule has 0 fully saturated rings. The highest BCUT2D eigenvalue weighted by Crippen LogP contribution is 2.24. The summed E-state index contributed by atoms with van der Waals surface area (Å²) >= 11 is 1.65. The van der Waals surface area contributed by atoms with Gasteiger partial charge in [0.05, 0.1) is 5.69 Å². The zero-order chi connectivity index (χ0) is 19.3. The average Bonchev–Trinajstić information content (AvgIpc) is 3.33. The molecule has 0 aliphatic heterocycles. The summed E-state index contributed by atoms with van der Waals surface area (Å²) in [4.78, 5) is 20.1. The lowest BCUT2D eigenvalue weighted by Crippen LogP contribution is -2.32. The highest BCUT2D eigenvalue weighted by molar-refractivity contribution is 7.15. The second-order valence-electron chi connectivity index (χ2n) is 6.78. The van der Waals surface area contributed by atoms with Crippen LogP contribution in [0.4, 0.5) is 0 Å². The van der Waals surface area contributed by atoms with E-state index in [4.69, 9.17) is 4.98 Å². The summed E-state index contributed by atoms with van der Waals surface area (Å²) in [5, 5.41) is 2.15. The van der Waals surface area contributed by atoms with Gasteiger partial charge < -0.3 is 4.90 Å². The SMILES string of the molecule is CCC(=O)N(CCc1csc2nc(-c3ccccc3)cn12)Cc1ccccc1. The molecule has 5 heteroatoms. The first-order valence-electron chi connectivity index (χ1n) is 9.57. The van der Waals surface area contributed by atoms with Gasteiger partial charge >= 0.3 is 0 Å². The second kappa shape index (κ2) is 8.40. The number of carbonyl (C=O) groups excluding carboxylic acids is 1. The van der Waals surface area contributed by atoms with Crippen molar-refractivity contribution in [1.82, 2.24) is 14.3 Å². The summed E-state index contributed by atoms with van der Waals surface area (Å²) in [5.41, 5.74) is 4.46. The summed E-state index contributed by atoms with van der Waals surface area (Å²) in [7, 11) is 0. The minimum atomic E-state index is 0.186. The first kappa shape index (κ1) is 18.4. The molecule has 4 rings (SSSR count). The molecule has 142 valence electrons. The normalized spacial score (nSPS) is 11.0. The molecular weight excluding hydrogens is 366 g/mol. The molecule has 0 aliphatic rings. The lowest BCUT2D eigenvalue weighted by molar-refractivity contribution is -0.131. The van der Waals surface area contributed by atoms with Gasteiger partial charge in [0, 0.05) is 48.8 Å². The average molecular weight is 390 g/mol. The predicted molar refractivity (Wildman–Crippen MR) is 114 cm³/mol. The van der Waals surface area contributed by atoms with Gasteiger partial charge in [0.25, 0.3) is 0 Å². The number of carbonyl (C=O) groups is 1. The van der Waals surface area contributed by atoms with Gasteiger partial charge in [-0.2, -0.15) is 0 Å². The Morgan fingerprint density at radius 1 is 1.07 bits per heavy atom. The number of hydrogen-bond acceptors (Lipinski definition) is 3. The van der Waals surface area contributed by atoms with E-state index in [1.54, 1.807) is 11.3 Å². The fraction of sp³-hybridized carbons (Fsp3) is 0.217. The molecule has 28 heavy (non-hydrogen) atoms. The molecule has 0 atom stereocenters. The number of amides is 1. The molecule has 4 nitrogen and oxygen atoms in total. The van der Waals surface area contributed by atoms with E-state index in [1.165, 1.54) is 5.69 Å². The van der Waals surface area contributed by atoms with Crippen LogP contribution in [0.2, 0.25) is 0 Å². The summed E-state index contributed by atoms with van der Waals surface area (Å²) in [6, 6.07) is 20.4. The first-order valence-corrected chi connectivity index (χ1v) is 10.4.